The van der Waals surface area contributed by atoms with Crippen LogP contribution in [0.25, 0.3) is 0 Å². The summed E-state index contributed by atoms with van der Waals surface area (Å²) in [5.41, 5.74) is -1.04. The first kappa shape index (κ1) is 20.8. The Balaban J connectivity index is 1.79. The van der Waals surface area contributed by atoms with Gasteiger partial charge in [0.25, 0.3) is 0 Å². The monoisotopic (exact) mass is 420 g/mol. The van der Waals surface area contributed by atoms with Gasteiger partial charge in [0.1, 0.15) is 36.1 Å². The van der Waals surface area contributed by atoms with Crippen molar-refractivity contribution >= 4 is 17.9 Å². The highest BCUT2D eigenvalue weighted by Crippen LogP contribution is 2.51. The number of carbonyl (C=O) groups excluding carboxylic acids is 3. The molecule has 9 nitrogen and oxygen atoms in total. The fourth-order valence-electron chi connectivity index (χ4n) is 4.02. The number of ether oxygens (including phenoxy) is 5. The number of aliphatic hydroxyl groups excluding tert-OH is 1. The third kappa shape index (κ3) is 3.46. The van der Waals surface area contributed by atoms with Crippen molar-refractivity contribution in [3.8, 4) is 0 Å². The smallest absolute Gasteiger partial charge is 0.338 e. The Labute approximate surface area is 173 Å². The van der Waals surface area contributed by atoms with Crippen molar-refractivity contribution < 1.29 is 43.2 Å². The molecule has 9 heteroatoms. The minimum absolute atomic E-state index is 0.0903. The summed E-state index contributed by atoms with van der Waals surface area (Å²) in [6.07, 6.45) is 1.05. The largest absolute Gasteiger partial charge is 0.461 e. The predicted molar refractivity (Wildman–Crippen MR) is 100.0 cm³/mol. The highest BCUT2D eigenvalue weighted by molar-refractivity contribution is 5.94. The number of rotatable bonds is 5. The lowest BCUT2D eigenvalue weighted by molar-refractivity contribution is -0.144. The van der Waals surface area contributed by atoms with E-state index in [1.807, 2.05) is 13.0 Å². The summed E-state index contributed by atoms with van der Waals surface area (Å²) in [5, 5.41) is 9.98. The summed E-state index contributed by atoms with van der Waals surface area (Å²) in [5.74, 6) is -1.89. The van der Waals surface area contributed by atoms with E-state index in [0.29, 0.717) is 5.57 Å². The van der Waals surface area contributed by atoms with Crippen LogP contribution in [-0.4, -0.2) is 71.8 Å². The number of hydrogen-bond donors (Lipinski definition) is 1. The van der Waals surface area contributed by atoms with Crippen molar-refractivity contribution in [2.75, 3.05) is 13.2 Å². The number of epoxide rings is 2. The van der Waals surface area contributed by atoms with E-state index in [4.69, 9.17) is 23.7 Å². The predicted octanol–water partition coefficient (Wildman–Crippen LogP) is 0.507. The Morgan fingerprint density at radius 1 is 1.33 bits per heavy atom. The Morgan fingerprint density at radius 3 is 2.70 bits per heavy atom. The third-order valence-corrected chi connectivity index (χ3v) is 5.89. The van der Waals surface area contributed by atoms with Crippen molar-refractivity contribution in [3.63, 3.8) is 0 Å². The fourth-order valence-corrected chi connectivity index (χ4v) is 4.02. The van der Waals surface area contributed by atoms with Crippen LogP contribution in [0.2, 0.25) is 0 Å². The summed E-state index contributed by atoms with van der Waals surface area (Å²) in [7, 11) is 0. The lowest BCUT2D eigenvalue weighted by Gasteiger charge is -2.26. The molecule has 0 aromatic carbocycles. The van der Waals surface area contributed by atoms with Gasteiger partial charge in [-0.15, -0.1) is 0 Å². The molecule has 0 saturated carbocycles. The summed E-state index contributed by atoms with van der Waals surface area (Å²) < 4.78 is 27.8. The number of carbonyl (C=O) groups is 3. The Hall–Kier alpha value is -2.49. The van der Waals surface area contributed by atoms with Crippen LogP contribution in [0.15, 0.2) is 35.5 Å². The third-order valence-electron chi connectivity index (χ3n) is 5.89. The van der Waals surface area contributed by atoms with Crippen LogP contribution < -0.4 is 0 Å². The van der Waals surface area contributed by atoms with E-state index < -0.39 is 47.4 Å². The summed E-state index contributed by atoms with van der Waals surface area (Å²) in [6.45, 7) is 7.54. The molecule has 0 amide bonds. The van der Waals surface area contributed by atoms with Crippen molar-refractivity contribution in [1.29, 1.82) is 0 Å². The number of hydrogen-bond acceptors (Lipinski definition) is 9. The zero-order valence-corrected chi connectivity index (χ0v) is 17.0. The molecule has 6 atom stereocenters. The van der Waals surface area contributed by atoms with Gasteiger partial charge in [0.05, 0.1) is 12.2 Å². The second-order valence-corrected chi connectivity index (χ2v) is 8.26. The molecular weight excluding hydrogens is 396 g/mol. The molecule has 0 aromatic heterocycles. The molecule has 1 aliphatic carbocycles. The first-order chi connectivity index (χ1) is 14.1. The molecule has 3 heterocycles. The molecule has 4 aliphatic rings. The second kappa shape index (κ2) is 7.04. The maximum absolute atomic E-state index is 12.6. The molecule has 4 rings (SSSR count). The van der Waals surface area contributed by atoms with E-state index in [9.17, 15) is 19.5 Å². The van der Waals surface area contributed by atoms with Gasteiger partial charge in [-0.25, -0.2) is 9.59 Å². The van der Waals surface area contributed by atoms with Gasteiger partial charge in [0.2, 0.25) is 0 Å². The molecule has 162 valence electrons. The molecule has 2 saturated heterocycles. The maximum Gasteiger partial charge on any atom is 0.338 e. The first-order valence-corrected chi connectivity index (χ1v) is 9.70. The van der Waals surface area contributed by atoms with E-state index in [-0.39, 0.29) is 36.9 Å². The quantitative estimate of drug-likeness (QED) is 0.223. The van der Waals surface area contributed by atoms with Crippen LogP contribution in [0, 0.1) is 0 Å². The van der Waals surface area contributed by atoms with Gasteiger partial charge in [-0.3, -0.25) is 4.79 Å². The normalized spacial score (nSPS) is 38.6. The molecule has 0 aromatic rings. The van der Waals surface area contributed by atoms with E-state index in [0.717, 1.165) is 0 Å². The highest BCUT2D eigenvalue weighted by atomic mass is 16.7. The van der Waals surface area contributed by atoms with Crippen molar-refractivity contribution in [2.45, 2.75) is 62.8 Å². The van der Waals surface area contributed by atoms with E-state index >= 15 is 0 Å². The van der Waals surface area contributed by atoms with E-state index in [1.54, 1.807) is 6.08 Å². The maximum atomic E-state index is 12.6. The average molecular weight is 420 g/mol. The molecule has 0 radical (unpaired) electrons. The van der Waals surface area contributed by atoms with Crippen LogP contribution in [0.5, 0.6) is 0 Å². The van der Waals surface area contributed by atoms with Gasteiger partial charge in [-0.2, -0.15) is 0 Å². The summed E-state index contributed by atoms with van der Waals surface area (Å²) in [4.78, 5) is 36.3. The van der Waals surface area contributed by atoms with Gasteiger partial charge < -0.3 is 28.8 Å². The topological polar surface area (TPSA) is 124 Å². The molecule has 1 N–H and O–H groups in total. The SMILES string of the molecule is C=C(C)C(=O)OC1C[C@@]2(CO)O[C@H]2C=C[C@@]2(C)O[C@@H]2[C@H]2OC(=O)C(COC(C)=O)=C12. The van der Waals surface area contributed by atoms with Crippen molar-refractivity contribution in [1.82, 2.24) is 0 Å². The van der Waals surface area contributed by atoms with Crippen LogP contribution >= 0.6 is 0 Å². The number of aliphatic hydroxyl groups is 1. The zero-order valence-electron chi connectivity index (χ0n) is 17.0. The summed E-state index contributed by atoms with van der Waals surface area (Å²) >= 11 is 0. The van der Waals surface area contributed by atoms with Crippen molar-refractivity contribution in [2.24, 2.45) is 0 Å². The Kier molecular flexibility index (Phi) is 4.87. The lowest BCUT2D eigenvalue weighted by atomic mass is 9.85. The van der Waals surface area contributed by atoms with Crippen LogP contribution in [0.4, 0.5) is 0 Å². The van der Waals surface area contributed by atoms with Crippen molar-refractivity contribution in [3.05, 3.63) is 35.5 Å². The minimum Gasteiger partial charge on any atom is -0.461 e. The lowest BCUT2D eigenvalue weighted by Crippen LogP contribution is -2.37. The van der Waals surface area contributed by atoms with Crippen LogP contribution in [0.3, 0.4) is 0 Å². The molecule has 2 fully saturated rings. The fraction of sp³-hybridized carbons (Fsp3) is 0.571. The second-order valence-electron chi connectivity index (χ2n) is 8.26. The standard InChI is InChI=1S/C21H24O9/c1-10(2)18(24)27-13-7-21(9-22)14(29-21)5-6-20(4)17(30-20)16-15(13)12(19(25)28-16)8-26-11(3)23/h5-6,13-14,16-17,22H,1,7-9H2,2-4H3/t13?,14-,16-,17+,20+,21-/m0/s1. The minimum atomic E-state index is -0.968. The van der Waals surface area contributed by atoms with Gasteiger partial charge in [0.15, 0.2) is 6.10 Å². The molecular formula is C21H24O9. The highest BCUT2D eigenvalue weighted by Gasteiger charge is 2.64. The average Bonchev–Trinajstić information content (AvgIpc) is 3.52. The molecule has 3 aliphatic heterocycles. The summed E-state index contributed by atoms with van der Waals surface area (Å²) in [6, 6.07) is 0. The number of esters is 3. The van der Waals surface area contributed by atoms with Gasteiger partial charge in [-0.05, 0) is 13.8 Å². The van der Waals surface area contributed by atoms with Gasteiger partial charge in [0, 0.05) is 24.5 Å². The molecule has 0 bridgehead atoms. The van der Waals surface area contributed by atoms with Crippen LogP contribution in [0.1, 0.15) is 27.2 Å². The first-order valence-electron chi connectivity index (χ1n) is 9.70. The Bertz CT molecular complexity index is 887. The molecule has 1 unspecified atom stereocenters. The van der Waals surface area contributed by atoms with Gasteiger partial charge >= 0.3 is 17.9 Å². The van der Waals surface area contributed by atoms with E-state index in [2.05, 4.69) is 6.58 Å². The Morgan fingerprint density at radius 2 is 2.07 bits per heavy atom. The molecule has 30 heavy (non-hydrogen) atoms. The number of fused-ring (bicyclic) bond motifs is 4. The zero-order chi connectivity index (χ0) is 21.8. The van der Waals surface area contributed by atoms with Crippen LogP contribution in [-0.2, 0) is 38.1 Å². The van der Waals surface area contributed by atoms with Gasteiger partial charge in [-0.1, -0.05) is 18.7 Å². The van der Waals surface area contributed by atoms with E-state index in [1.165, 1.54) is 13.8 Å². The molecule has 0 spiro atoms.